The minimum absolute atomic E-state index is 0.0103. The van der Waals surface area contributed by atoms with Crippen molar-refractivity contribution < 1.29 is 34.2 Å². The van der Waals surface area contributed by atoms with E-state index < -0.39 is 57.1 Å². The summed E-state index contributed by atoms with van der Waals surface area (Å²) in [6.07, 6.45) is 3.30. The first-order chi connectivity index (χ1) is 18.9. The van der Waals surface area contributed by atoms with Crippen molar-refractivity contribution in [3.63, 3.8) is 0 Å². The molecule has 40 heavy (non-hydrogen) atoms. The second-order valence-electron chi connectivity index (χ2n) is 10.7. The standard InChI is InChI=1S/C27H26BrCl3N2O7/c28-12-33-24(39)26(30)11-17-14(21(27(26,31)25(33)40)16-10-13(29)5-8-18(16)34)6-7-15-20(17)23(38)32(22(15)37)9-3-1-2-4-19(35)36/h5-6,8,10,15,17,20-21,34H,1-4,7,9,11-12H2,(H,35,36). The summed E-state index contributed by atoms with van der Waals surface area (Å²) in [5.74, 6) is -6.57. The molecule has 9 nitrogen and oxygen atoms in total. The summed E-state index contributed by atoms with van der Waals surface area (Å²) in [4.78, 5) is 63.4. The maximum Gasteiger partial charge on any atom is 0.303 e. The minimum Gasteiger partial charge on any atom is -0.508 e. The van der Waals surface area contributed by atoms with E-state index in [-0.39, 0.29) is 53.5 Å². The third-order valence-electron chi connectivity index (χ3n) is 8.68. The SMILES string of the molecule is O=C(O)CCCCCN1C(=O)C2CC=C3C(CC4(Cl)C(=O)N(CBr)C(=O)C4(Cl)C3c3cc(Cl)ccc3O)C2C1=O. The van der Waals surface area contributed by atoms with Crippen molar-refractivity contribution in [1.29, 1.82) is 0 Å². The van der Waals surface area contributed by atoms with Gasteiger partial charge in [0, 0.05) is 29.5 Å². The lowest BCUT2D eigenvalue weighted by Gasteiger charge is -2.50. The van der Waals surface area contributed by atoms with Gasteiger partial charge in [0.05, 0.1) is 17.3 Å². The number of phenols is 1. The van der Waals surface area contributed by atoms with Crippen LogP contribution in [0.4, 0.5) is 0 Å². The van der Waals surface area contributed by atoms with Gasteiger partial charge in [-0.2, -0.15) is 0 Å². The summed E-state index contributed by atoms with van der Waals surface area (Å²) in [5, 5.41) is 20.0. The fraction of sp³-hybridized carbons (Fsp3) is 0.519. The van der Waals surface area contributed by atoms with Gasteiger partial charge in [-0.1, -0.05) is 45.6 Å². The molecule has 6 atom stereocenters. The van der Waals surface area contributed by atoms with Crippen LogP contribution < -0.4 is 0 Å². The van der Waals surface area contributed by atoms with E-state index in [9.17, 15) is 29.1 Å². The first-order valence-electron chi connectivity index (χ1n) is 12.9. The molecule has 0 aromatic heterocycles. The summed E-state index contributed by atoms with van der Waals surface area (Å²) in [7, 11) is 0. The third kappa shape index (κ3) is 4.20. The second-order valence-corrected chi connectivity index (χ2v) is 12.9. The number of benzene rings is 1. The number of hydrogen-bond donors (Lipinski definition) is 2. The van der Waals surface area contributed by atoms with Gasteiger partial charge in [-0.15, -0.1) is 23.2 Å². The number of fused-ring (bicyclic) bond motifs is 4. The molecule has 2 aliphatic heterocycles. The highest BCUT2D eigenvalue weighted by Gasteiger charge is 2.76. The van der Waals surface area contributed by atoms with Crippen LogP contribution in [-0.2, 0) is 24.0 Å². The Morgan fingerprint density at radius 2 is 1.75 bits per heavy atom. The topological polar surface area (TPSA) is 132 Å². The number of aliphatic carboxylic acids is 1. The van der Waals surface area contributed by atoms with Gasteiger partial charge in [-0.25, -0.2) is 0 Å². The van der Waals surface area contributed by atoms with Gasteiger partial charge in [0.15, 0.2) is 9.75 Å². The Balaban J connectivity index is 1.55. The molecule has 0 bridgehead atoms. The molecule has 0 spiro atoms. The number of imide groups is 2. The molecule has 5 rings (SSSR count). The normalized spacial score (nSPS) is 33.1. The van der Waals surface area contributed by atoms with Crippen molar-refractivity contribution in [3.05, 3.63) is 40.4 Å². The zero-order valence-electron chi connectivity index (χ0n) is 21.1. The zero-order chi connectivity index (χ0) is 29.1. The number of rotatable bonds is 8. The van der Waals surface area contributed by atoms with Crippen molar-refractivity contribution in [2.75, 3.05) is 12.0 Å². The quantitative estimate of drug-likeness (QED) is 0.137. The van der Waals surface area contributed by atoms with Gasteiger partial charge < -0.3 is 10.2 Å². The Hall–Kier alpha value is -2.14. The van der Waals surface area contributed by atoms with E-state index in [4.69, 9.17) is 39.9 Å². The van der Waals surface area contributed by atoms with E-state index in [1.54, 1.807) is 6.08 Å². The number of carbonyl (C=O) groups excluding carboxylic acids is 4. The molecule has 3 fully saturated rings. The molecule has 1 aromatic rings. The summed E-state index contributed by atoms with van der Waals surface area (Å²) < 4.78 is 0. The predicted octanol–water partition coefficient (Wildman–Crippen LogP) is 4.40. The summed E-state index contributed by atoms with van der Waals surface area (Å²) >= 11 is 23.7. The Morgan fingerprint density at radius 1 is 1.02 bits per heavy atom. The molecular weight excluding hydrogens is 651 g/mol. The monoisotopic (exact) mass is 674 g/mol. The first kappa shape index (κ1) is 29.4. The van der Waals surface area contributed by atoms with E-state index in [0.29, 0.717) is 24.8 Å². The average molecular weight is 677 g/mol. The van der Waals surface area contributed by atoms with Crippen LogP contribution >= 0.6 is 50.7 Å². The van der Waals surface area contributed by atoms with Crippen LogP contribution in [0.2, 0.25) is 5.02 Å². The molecule has 1 aromatic carbocycles. The van der Waals surface area contributed by atoms with Crippen molar-refractivity contribution >= 4 is 80.3 Å². The number of amides is 4. The maximum atomic E-state index is 13.8. The number of carboxylic acid groups (broad SMARTS) is 1. The second kappa shape index (κ2) is 10.6. The minimum atomic E-state index is -2.02. The van der Waals surface area contributed by atoms with Gasteiger partial charge in [-0.3, -0.25) is 33.8 Å². The number of unbranched alkanes of at least 4 members (excludes halogenated alkanes) is 2. The lowest BCUT2D eigenvalue weighted by Crippen LogP contribution is -2.60. The van der Waals surface area contributed by atoms with E-state index in [1.807, 2.05) is 0 Å². The van der Waals surface area contributed by atoms with Gasteiger partial charge in [0.25, 0.3) is 11.8 Å². The highest BCUT2D eigenvalue weighted by molar-refractivity contribution is 9.09. The van der Waals surface area contributed by atoms with Crippen LogP contribution in [0.1, 0.15) is 50.0 Å². The number of carbonyl (C=O) groups is 5. The number of aromatic hydroxyl groups is 1. The fourth-order valence-electron chi connectivity index (χ4n) is 6.86. The Labute approximate surface area is 253 Å². The Morgan fingerprint density at radius 3 is 2.42 bits per heavy atom. The zero-order valence-corrected chi connectivity index (χ0v) is 25.0. The van der Waals surface area contributed by atoms with E-state index in [0.717, 1.165) is 4.90 Å². The highest BCUT2D eigenvalue weighted by Crippen LogP contribution is 2.66. The van der Waals surface area contributed by atoms with Gasteiger partial charge in [-0.05, 0) is 49.8 Å². The third-order valence-corrected chi connectivity index (χ3v) is 10.8. The van der Waals surface area contributed by atoms with Crippen molar-refractivity contribution in [3.8, 4) is 5.75 Å². The van der Waals surface area contributed by atoms with Crippen LogP contribution in [0.3, 0.4) is 0 Å². The molecule has 2 saturated heterocycles. The number of hydrogen-bond acceptors (Lipinski definition) is 6. The first-order valence-corrected chi connectivity index (χ1v) is 15.2. The number of nitrogens with zero attached hydrogens (tertiary/aromatic N) is 2. The van der Waals surface area contributed by atoms with Crippen LogP contribution in [-0.4, -0.2) is 71.4 Å². The number of carboxylic acids is 1. The molecule has 1 saturated carbocycles. The molecule has 2 N–H and O–H groups in total. The fourth-order valence-corrected chi connectivity index (χ4v) is 8.46. The average Bonchev–Trinajstić information content (AvgIpc) is 3.23. The molecule has 6 unspecified atom stereocenters. The smallest absolute Gasteiger partial charge is 0.303 e. The predicted molar refractivity (Wildman–Crippen MR) is 149 cm³/mol. The summed E-state index contributed by atoms with van der Waals surface area (Å²) in [6.45, 7) is 0.158. The van der Waals surface area contributed by atoms with Crippen molar-refractivity contribution in [2.45, 2.75) is 54.2 Å². The van der Waals surface area contributed by atoms with Crippen LogP contribution in [0.15, 0.2) is 29.8 Å². The number of allylic oxidation sites excluding steroid dienone is 2. The number of phenolic OH excluding ortho intramolecular Hbond substituents is 1. The molecule has 13 heteroatoms. The van der Waals surface area contributed by atoms with Crippen LogP contribution in [0.5, 0.6) is 5.75 Å². The molecule has 214 valence electrons. The maximum absolute atomic E-state index is 13.8. The molecule has 2 aliphatic carbocycles. The van der Waals surface area contributed by atoms with Gasteiger partial charge in [0.1, 0.15) is 5.75 Å². The summed E-state index contributed by atoms with van der Waals surface area (Å²) in [5.41, 5.74) is 0.615. The van der Waals surface area contributed by atoms with E-state index >= 15 is 0 Å². The van der Waals surface area contributed by atoms with Gasteiger partial charge in [0.2, 0.25) is 11.8 Å². The van der Waals surface area contributed by atoms with Crippen molar-refractivity contribution in [2.24, 2.45) is 17.8 Å². The van der Waals surface area contributed by atoms with Crippen LogP contribution in [0.25, 0.3) is 0 Å². The highest BCUT2D eigenvalue weighted by atomic mass is 79.9. The van der Waals surface area contributed by atoms with E-state index in [2.05, 4.69) is 15.9 Å². The lowest BCUT2D eigenvalue weighted by molar-refractivity contribution is -0.141. The molecule has 4 aliphatic rings. The van der Waals surface area contributed by atoms with Gasteiger partial charge >= 0.3 is 5.97 Å². The van der Waals surface area contributed by atoms with E-state index in [1.165, 1.54) is 23.1 Å². The number of halogens is 4. The number of alkyl halides is 3. The summed E-state index contributed by atoms with van der Waals surface area (Å²) in [6, 6.07) is 4.31. The molecular formula is C27H26BrCl3N2O7. The largest absolute Gasteiger partial charge is 0.508 e. The Bertz CT molecular complexity index is 1360. The Kier molecular flexibility index (Phi) is 7.78. The lowest BCUT2D eigenvalue weighted by atomic mass is 9.56. The molecule has 0 radical (unpaired) electrons. The molecule has 2 heterocycles. The van der Waals surface area contributed by atoms with Crippen LogP contribution in [0, 0.1) is 17.8 Å². The number of likely N-dealkylation sites (tertiary alicyclic amines) is 2. The molecule has 4 amide bonds. The van der Waals surface area contributed by atoms with Crippen molar-refractivity contribution in [1.82, 2.24) is 9.80 Å².